The molecule has 0 bridgehead atoms. The van der Waals surface area contributed by atoms with E-state index in [0.717, 1.165) is 10.0 Å². The lowest BCUT2D eigenvalue weighted by Crippen LogP contribution is -2.34. The summed E-state index contributed by atoms with van der Waals surface area (Å²) in [6.07, 6.45) is 4.31. The van der Waals surface area contributed by atoms with Gasteiger partial charge in [-0.05, 0) is 48.0 Å². The molecule has 0 saturated carbocycles. The van der Waals surface area contributed by atoms with Gasteiger partial charge in [-0.25, -0.2) is 10.2 Å². The zero-order valence-electron chi connectivity index (χ0n) is 17.7. The molecule has 0 saturated heterocycles. The minimum absolute atomic E-state index is 0.262. The van der Waals surface area contributed by atoms with Crippen LogP contribution in [0.25, 0.3) is 6.08 Å². The van der Waals surface area contributed by atoms with Crippen LogP contribution >= 0.6 is 27.5 Å². The number of carbonyl (C=O) groups is 3. The molecule has 3 aromatic carbocycles. The third kappa shape index (κ3) is 7.99. The smallest absolute Gasteiger partial charge is 0.336 e. The first-order valence-corrected chi connectivity index (χ1v) is 11.2. The highest BCUT2D eigenvalue weighted by Crippen LogP contribution is 2.22. The molecule has 3 rings (SSSR count). The van der Waals surface area contributed by atoms with E-state index < -0.39 is 17.8 Å². The molecular weight excluding hydrogens is 522 g/mol. The van der Waals surface area contributed by atoms with Crippen molar-refractivity contribution in [1.82, 2.24) is 10.7 Å². The van der Waals surface area contributed by atoms with Crippen LogP contribution in [0, 0.1) is 0 Å². The monoisotopic (exact) mass is 539 g/mol. The molecule has 172 valence electrons. The lowest BCUT2D eigenvalue weighted by Gasteiger charge is -2.07. The molecule has 2 N–H and O–H groups in total. The van der Waals surface area contributed by atoms with Crippen LogP contribution in [-0.4, -0.2) is 30.5 Å². The topological polar surface area (TPSA) is 96.9 Å². The van der Waals surface area contributed by atoms with Gasteiger partial charge >= 0.3 is 5.97 Å². The van der Waals surface area contributed by atoms with Gasteiger partial charge in [-0.15, -0.1) is 0 Å². The Kier molecular flexibility index (Phi) is 9.13. The minimum Gasteiger partial charge on any atom is -0.423 e. The van der Waals surface area contributed by atoms with Crippen molar-refractivity contribution in [2.75, 3.05) is 6.54 Å². The van der Waals surface area contributed by atoms with Gasteiger partial charge in [0.25, 0.3) is 11.8 Å². The van der Waals surface area contributed by atoms with Crippen molar-refractivity contribution in [1.29, 1.82) is 0 Å². The maximum absolute atomic E-state index is 12.2. The normalized spacial score (nSPS) is 10.9. The zero-order valence-corrected chi connectivity index (χ0v) is 20.0. The summed E-state index contributed by atoms with van der Waals surface area (Å²) in [7, 11) is 0. The molecule has 7 nitrogen and oxygen atoms in total. The van der Waals surface area contributed by atoms with Crippen molar-refractivity contribution in [3.8, 4) is 5.75 Å². The third-order valence-corrected chi connectivity index (χ3v) is 5.01. The van der Waals surface area contributed by atoms with E-state index in [4.69, 9.17) is 16.3 Å². The average Bonchev–Trinajstić information content (AvgIpc) is 2.83. The molecule has 0 unspecified atom stereocenters. The number of amides is 2. The zero-order chi connectivity index (χ0) is 24.3. The second-order valence-corrected chi connectivity index (χ2v) is 8.19. The first kappa shape index (κ1) is 24.9. The number of halogens is 2. The number of benzene rings is 3. The Bertz CT molecular complexity index is 1250. The number of ether oxygens (including phenoxy) is 1. The largest absolute Gasteiger partial charge is 0.423 e. The lowest BCUT2D eigenvalue weighted by molar-refractivity contribution is -0.129. The Morgan fingerprint density at radius 2 is 1.79 bits per heavy atom. The molecule has 0 spiro atoms. The molecular formula is C25H19BrClN3O4. The predicted octanol–water partition coefficient (Wildman–Crippen LogP) is 4.60. The van der Waals surface area contributed by atoms with Crippen LogP contribution in [0.15, 0.2) is 88.4 Å². The van der Waals surface area contributed by atoms with Crippen molar-refractivity contribution >= 4 is 57.6 Å². The van der Waals surface area contributed by atoms with Crippen LogP contribution in [0.3, 0.4) is 0 Å². The van der Waals surface area contributed by atoms with Crippen molar-refractivity contribution in [2.24, 2.45) is 5.10 Å². The number of hydrogen-bond donors (Lipinski definition) is 2. The van der Waals surface area contributed by atoms with E-state index in [1.54, 1.807) is 42.5 Å². The Hall–Kier alpha value is -3.75. The highest BCUT2D eigenvalue weighted by atomic mass is 79.9. The quantitative estimate of drug-likeness (QED) is 0.143. The van der Waals surface area contributed by atoms with Gasteiger partial charge in [-0.3, -0.25) is 9.59 Å². The molecule has 3 aromatic rings. The molecule has 0 heterocycles. The van der Waals surface area contributed by atoms with E-state index in [9.17, 15) is 14.4 Å². The number of nitrogens with one attached hydrogen (secondary N) is 2. The molecule has 0 atom stereocenters. The summed E-state index contributed by atoms with van der Waals surface area (Å²) in [6.45, 7) is -0.284. The van der Waals surface area contributed by atoms with Gasteiger partial charge in [0.2, 0.25) is 0 Å². The maximum Gasteiger partial charge on any atom is 0.336 e. The second kappa shape index (κ2) is 12.5. The Balaban J connectivity index is 1.56. The molecule has 0 aliphatic carbocycles. The van der Waals surface area contributed by atoms with E-state index in [2.05, 4.69) is 31.8 Å². The fraction of sp³-hybridized carbons (Fsp3) is 0.0400. The Morgan fingerprint density at radius 1 is 1.00 bits per heavy atom. The molecule has 0 aliphatic heterocycles. The van der Waals surface area contributed by atoms with Crippen molar-refractivity contribution in [3.05, 3.63) is 105 Å². The summed E-state index contributed by atoms with van der Waals surface area (Å²) in [5.74, 6) is -1.27. The summed E-state index contributed by atoms with van der Waals surface area (Å²) in [6, 6.07) is 20.7. The summed E-state index contributed by atoms with van der Waals surface area (Å²) >= 11 is 9.21. The first-order valence-electron chi connectivity index (χ1n) is 10.0. The van der Waals surface area contributed by atoms with Gasteiger partial charge in [-0.2, -0.15) is 5.10 Å². The molecule has 34 heavy (non-hydrogen) atoms. The van der Waals surface area contributed by atoms with Gasteiger partial charge in [0.15, 0.2) is 0 Å². The fourth-order valence-corrected chi connectivity index (χ4v) is 3.26. The van der Waals surface area contributed by atoms with Crippen LogP contribution in [0.5, 0.6) is 5.75 Å². The molecule has 0 fully saturated rings. The van der Waals surface area contributed by atoms with Crippen LogP contribution < -0.4 is 15.5 Å². The number of rotatable bonds is 8. The number of esters is 1. The minimum atomic E-state index is -0.561. The SMILES string of the molecule is O=C(CNC(=O)c1cccc(Cl)c1)N/N=C\c1cc(Br)ccc1OC(=O)/C=C/c1ccccc1. The van der Waals surface area contributed by atoms with E-state index >= 15 is 0 Å². The van der Waals surface area contributed by atoms with E-state index in [1.165, 1.54) is 18.4 Å². The maximum atomic E-state index is 12.2. The average molecular weight is 541 g/mol. The van der Waals surface area contributed by atoms with Crippen molar-refractivity contribution < 1.29 is 19.1 Å². The van der Waals surface area contributed by atoms with Gasteiger partial charge < -0.3 is 10.1 Å². The predicted molar refractivity (Wildman–Crippen MR) is 135 cm³/mol. The summed E-state index contributed by atoms with van der Waals surface area (Å²) in [5.41, 5.74) is 3.98. The van der Waals surface area contributed by atoms with Gasteiger partial charge in [0, 0.05) is 26.7 Å². The number of carbonyl (C=O) groups excluding carboxylic acids is 3. The van der Waals surface area contributed by atoms with E-state index in [0.29, 0.717) is 16.1 Å². The summed E-state index contributed by atoms with van der Waals surface area (Å²) < 4.78 is 6.13. The fourth-order valence-electron chi connectivity index (χ4n) is 2.69. The van der Waals surface area contributed by atoms with Gasteiger partial charge in [0.05, 0.1) is 12.8 Å². The molecule has 0 radical (unpaired) electrons. The summed E-state index contributed by atoms with van der Waals surface area (Å²) in [4.78, 5) is 36.3. The highest BCUT2D eigenvalue weighted by molar-refractivity contribution is 9.10. The van der Waals surface area contributed by atoms with Crippen LogP contribution in [0.1, 0.15) is 21.5 Å². The van der Waals surface area contributed by atoms with Crippen LogP contribution in [0.2, 0.25) is 5.02 Å². The molecule has 9 heteroatoms. The second-order valence-electron chi connectivity index (χ2n) is 6.83. The Morgan fingerprint density at radius 3 is 2.56 bits per heavy atom. The molecule has 2 amide bonds. The Labute approximate surface area is 209 Å². The molecule has 0 aliphatic rings. The summed E-state index contributed by atoms with van der Waals surface area (Å²) in [5, 5.41) is 6.78. The van der Waals surface area contributed by atoms with Crippen molar-refractivity contribution in [3.63, 3.8) is 0 Å². The van der Waals surface area contributed by atoms with Crippen LogP contribution in [0.4, 0.5) is 0 Å². The number of hydrogen-bond acceptors (Lipinski definition) is 5. The van der Waals surface area contributed by atoms with Gasteiger partial charge in [0.1, 0.15) is 5.75 Å². The van der Waals surface area contributed by atoms with Crippen LogP contribution in [-0.2, 0) is 9.59 Å². The van der Waals surface area contributed by atoms with Gasteiger partial charge in [-0.1, -0.05) is 63.9 Å². The van der Waals surface area contributed by atoms with E-state index in [1.807, 2.05) is 30.3 Å². The lowest BCUT2D eigenvalue weighted by atomic mass is 10.2. The highest BCUT2D eigenvalue weighted by Gasteiger charge is 2.09. The third-order valence-electron chi connectivity index (χ3n) is 4.28. The van der Waals surface area contributed by atoms with Crippen molar-refractivity contribution in [2.45, 2.75) is 0 Å². The standard InChI is InChI=1S/C25H19BrClN3O4/c26-20-10-11-22(34-24(32)12-9-17-5-2-1-3-6-17)19(13-20)15-29-30-23(31)16-28-25(33)18-7-4-8-21(27)14-18/h1-15H,16H2,(H,28,33)(H,30,31)/b12-9+,29-15-. The molecule has 0 aromatic heterocycles. The number of nitrogens with zero attached hydrogens (tertiary/aromatic N) is 1. The van der Waals surface area contributed by atoms with E-state index in [-0.39, 0.29) is 12.3 Å². The first-order chi connectivity index (χ1) is 16.4. The number of hydrazone groups is 1.